The smallest absolute Gasteiger partial charge is 0.0995 e. The molecule has 50 valence electrons. The van der Waals surface area contributed by atoms with Gasteiger partial charge in [-0.3, -0.25) is 0 Å². The van der Waals surface area contributed by atoms with Crippen molar-refractivity contribution in [1.82, 2.24) is 0 Å². The lowest BCUT2D eigenvalue weighted by atomic mass is 10.1. The van der Waals surface area contributed by atoms with E-state index in [1.807, 2.05) is 18.2 Å². The molecule has 0 bridgehead atoms. The van der Waals surface area contributed by atoms with Crippen LogP contribution in [0.5, 0.6) is 0 Å². The molecule has 0 aliphatic heterocycles. The fraction of sp³-hybridized carbons (Fsp3) is 0.125. The highest BCUT2D eigenvalue weighted by Crippen LogP contribution is 2.04. The molecular weight excluding hydrogens is 124 g/mol. The monoisotopic (exact) mass is 132 g/mol. The largest absolute Gasteiger partial charge is 0.326 e. The number of nitrogens with zero attached hydrogens (tertiary/aromatic N) is 1. The van der Waals surface area contributed by atoms with Crippen molar-refractivity contribution in [3.8, 4) is 6.07 Å². The van der Waals surface area contributed by atoms with Gasteiger partial charge in [0.2, 0.25) is 0 Å². The van der Waals surface area contributed by atoms with E-state index >= 15 is 0 Å². The Labute approximate surface area is 59.9 Å². The van der Waals surface area contributed by atoms with Gasteiger partial charge >= 0.3 is 0 Å². The van der Waals surface area contributed by atoms with Crippen LogP contribution in [0.2, 0.25) is 0 Å². The van der Waals surface area contributed by atoms with Gasteiger partial charge in [-0.1, -0.05) is 18.2 Å². The highest BCUT2D eigenvalue weighted by Gasteiger charge is 1.94. The standard InChI is InChI=1S/C8H8N2/c9-5-7-3-1-2-4-8(7)6-10/h1-4H,5,9H2. The van der Waals surface area contributed by atoms with Crippen molar-refractivity contribution in [3.05, 3.63) is 35.4 Å². The van der Waals surface area contributed by atoms with Crippen molar-refractivity contribution < 1.29 is 0 Å². The first-order valence-corrected chi connectivity index (χ1v) is 3.06. The Morgan fingerprint density at radius 3 is 2.60 bits per heavy atom. The zero-order valence-corrected chi connectivity index (χ0v) is 5.54. The molecule has 1 aromatic rings. The van der Waals surface area contributed by atoms with E-state index in [9.17, 15) is 0 Å². The third-order valence-electron chi connectivity index (χ3n) is 1.36. The fourth-order valence-corrected chi connectivity index (χ4v) is 0.807. The molecule has 1 aromatic carbocycles. The Bertz CT molecular complexity index is 260. The third-order valence-corrected chi connectivity index (χ3v) is 1.36. The van der Waals surface area contributed by atoms with Gasteiger partial charge in [0.1, 0.15) is 0 Å². The van der Waals surface area contributed by atoms with Crippen molar-refractivity contribution in [2.75, 3.05) is 0 Å². The van der Waals surface area contributed by atoms with Gasteiger partial charge in [-0.15, -0.1) is 0 Å². The van der Waals surface area contributed by atoms with Gasteiger partial charge in [0.15, 0.2) is 0 Å². The second-order valence-corrected chi connectivity index (χ2v) is 1.97. The Kier molecular flexibility index (Phi) is 2.03. The lowest BCUT2D eigenvalue weighted by Gasteiger charge is -1.96. The minimum absolute atomic E-state index is 0.434. The Morgan fingerprint density at radius 1 is 1.40 bits per heavy atom. The molecule has 0 atom stereocenters. The average Bonchev–Trinajstić information content (AvgIpc) is 2.04. The molecule has 0 spiro atoms. The predicted octanol–water partition coefficient (Wildman–Crippen LogP) is 1.02. The summed E-state index contributed by atoms with van der Waals surface area (Å²) in [5, 5.41) is 8.54. The maximum absolute atomic E-state index is 8.54. The van der Waals surface area contributed by atoms with Crippen LogP contribution in [0.4, 0.5) is 0 Å². The molecule has 0 unspecified atom stereocenters. The van der Waals surface area contributed by atoms with E-state index in [2.05, 4.69) is 6.07 Å². The zero-order valence-electron chi connectivity index (χ0n) is 5.54. The molecule has 0 heterocycles. The van der Waals surface area contributed by atoms with E-state index in [4.69, 9.17) is 11.0 Å². The molecule has 0 fully saturated rings. The normalized spacial score (nSPS) is 8.80. The van der Waals surface area contributed by atoms with Gasteiger partial charge in [-0.05, 0) is 11.6 Å². The van der Waals surface area contributed by atoms with Gasteiger partial charge in [-0.25, -0.2) is 0 Å². The van der Waals surface area contributed by atoms with E-state index in [-0.39, 0.29) is 0 Å². The number of nitrogens with two attached hydrogens (primary N) is 1. The molecule has 10 heavy (non-hydrogen) atoms. The highest BCUT2D eigenvalue weighted by atomic mass is 14.5. The summed E-state index contributed by atoms with van der Waals surface area (Å²) < 4.78 is 0. The van der Waals surface area contributed by atoms with Crippen LogP contribution in [0.1, 0.15) is 11.1 Å². The van der Waals surface area contributed by atoms with E-state index in [1.54, 1.807) is 6.07 Å². The van der Waals surface area contributed by atoms with Gasteiger partial charge in [0.25, 0.3) is 0 Å². The molecule has 1 rings (SSSR count). The first-order chi connectivity index (χ1) is 4.88. The van der Waals surface area contributed by atoms with Crippen molar-refractivity contribution in [3.63, 3.8) is 0 Å². The van der Waals surface area contributed by atoms with Crippen LogP contribution in [-0.2, 0) is 6.54 Å². The molecule has 0 aliphatic rings. The van der Waals surface area contributed by atoms with E-state index in [0.29, 0.717) is 12.1 Å². The Hall–Kier alpha value is -1.33. The maximum Gasteiger partial charge on any atom is 0.0995 e. The number of nitriles is 1. The SMILES string of the molecule is N#Cc1ccccc1CN. The summed E-state index contributed by atoms with van der Waals surface area (Å²) in [5.41, 5.74) is 6.95. The highest BCUT2D eigenvalue weighted by molar-refractivity contribution is 5.36. The van der Waals surface area contributed by atoms with E-state index < -0.39 is 0 Å². The summed E-state index contributed by atoms with van der Waals surface area (Å²) in [6.07, 6.45) is 0. The van der Waals surface area contributed by atoms with Crippen molar-refractivity contribution in [2.24, 2.45) is 5.73 Å². The summed E-state index contributed by atoms with van der Waals surface area (Å²) >= 11 is 0. The average molecular weight is 132 g/mol. The van der Waals surface area contributed by atoms with Crippen molar-refractivity contribution in [2.45, 2.75) is 6.54 Å². The summed E-state index contributed by atoms with van der Waals surface area (Å²) in [6, 6.07) is 9.40. The van der Waals surface area contributed by atoms with Crippen LogP contribution in [0, 0.1) is 11.3 Å². The van der Waals surface area contributed by atoms with Gasteiger partial charge in [0.05, 0.1) is 11.6 Å². The van der Waals surface area contributed by atoms with Crippen LogP contribution in [0.3, 0.4) is 0 Å². The molecule has 0 aromatic heterocycles. The third kappa shape index (κ3) is 1.15. The summed E-state index contributed by atoms with van der Waals surface area (Å²) in [7, 11) is 0. The predicted molar refractivity (Wildman–Crippen MR) is 39.0 cm³/mol. The zero-order chi connectivity index (χ0) is 7.40. The Balaban J connectivity index is 3.12. The summed E-state index contributed by atoms with van der Waals surface area (Å²) in [5.74, 6) is 0. The fourth-order valence-electron chi connectivity index (χ4n) is 0.807. The first kappa shape index (κ1) is 6.79. The van der Waals surface area contributed by atoms with Gasteiger partial charge < -0.3 is 5.73 Å². The van der Waals surface area contributed by atoms with E-state index in [0.717, 1.165) is 5.56 Å². The first-order valence-electron chi connectivity index (χ1n) is 3.06. The van der Waals surface area contributed by atoms with Crippen LogP contribution in [-0.4, -0.2) is 0 Å². The molecule has 0 saturated heterocycles. The number of benzene rings is 1. The topological polar surface area (TPSA) is 49.8 Å². The maximum atomic E-state index is 8.54. The van der Waals surface area contributed by atoms with Crippen LogP contribution < -0.4 is 5.73 Å². The quantitative estimate of drug-likeness (QED) is 0.620. The number of hydrogen-bond acceptors (Lipinski definition) is 2. The van der Waals surface area contributed by atoms with Gasteiger partial charge in [-0.2, -0.15) is 5.26 Å². The van der Waals surface area contributed by atoms with Crippen molar-refractivity contribution >= 4 is 0 Å². The summed E-state index contributed by atoms with van der Waals surface area (Å²) in [4.78, 5) is 0. The molecule has 0 saturated carbocycles. The molecule has 2 N–H and O–H groups in total. The second-order valence-electron chi connectivity index (χ2n) is 1.97. The number of hydrogen-bond donors (Lipinski definition) is 1. The lowest BCUT2D eigenvalue weighted by Crippen LogP contribution is -1.98. The van der Waals surface area contributed by atoms with Gasteiger partial charge in [0, 0.05) is 6.54 Å². The molecule has 0 amide bonds. The molecule has 2 heteroatoms. The molecule has 0 aliphatic carbocycles. The van der Waals surface area contributed by atoms with Crippen molar-refractivity contribution in [1.29, 1.82) is 5.26 Å². The minimum Gasteiger partial charge on any atom is -0.326 e. The minimum atomic E-state index is 0.434. The van der Waals surface area contributed by atoms with Crippen LogP contribution in [0.15, 0.2) is 24.3 Å². The second kappa shape index (κ2) is 3.00. The Morgan fingerprint density at radius 2 is 2.10 bits per heavy atom. The molecule has 2 nitrogen and oxygen atoms in total. The molecule has 0 radical (unpaired) electrons. The molecular formula is C8H8N2. The number of rotatable bonds is 1. The van der Waals surface area contributed by atoms with E-state index in [1.165, 1.54) is 0 Å². The summed E-state index contributed by atoms with van der Waals surface area (Å²) in [6.45, 7) is 0.434. The van der Waals surface area contributed by atoms with Crippen LogP contribution >= 0.6 is 0 Å². The van der Waals surface area contributed by atoms with Crippen LogP contribution in [0.25, 0.3) is 0 Å². The lowest BCUT2D eigenvalue weighted by molar-refractivity contribution is 1.06.